The van der Waals surface area contributed by atoms with Gasteiger partial charge in [0.2, 0.25) is 0 Å². The number of rotatable bonds is 3. The van der Waals surface area contributed by atoms with E-state index >= 15 is 0 Å². The molecule has 4 nitrogen and oxygen atoms in total. The molecular weight excluding hydrogens is 378 g/mol. The fourth-order valence-electron chi connectivity index (χ4n) is 4.13. The summed E-state index contributed by atoms with van der Waals surface area (Å²) in [6, 6.07) is 10.8. The number of urea groups is 1. The number of hydrogen-bond donors (Lipinski definition) is 1. The Balaban J connectivity index is 1.27. The van der Waals surface area contributed by atoms with Gasteiger partial charge in [0.25, 0.3) is 0 Å². The molecular formula is C21H26ClN3OS. The second kappa shape index (κ2) is 8.21. The number of nitrogens with zero attached hydrogens (tertiary/aromatic N) is 2. The number of hydrogen-bond acceptors (Lipinski definition) is 3. The summed E-state index contributed by atoms with van der Waals surface area (Å²) < 4.78 is 0. The minimum absolute atomic E-state index is 0.0931. The number of nitrogens with one attached hydrogen (secondary N) is 1. The molecule has 0 spiro atoms. The van der Waals surface area contributed by atoms with Gasteiger partial charge in [-0.25, -0.2) is 4.79 Å². The summed E-state index contributed by atoms with van der Waals surface area (Å²) in [4.78, 5) is 18.7. The highest BCUT2D eigenvalue weighted by Gasteiger charge is 2.30. The van der Waals surface area contributed by atoms with Gasteiger partial charge in [-0.15, -0.1) is 11.3 Å². The molecule has 1 saturated heterocycles. The maximum absolute atomic E-state index is 12.8. The Labute approximate surface area is 170 Å². The van der Waals surface area contributed by atoms with Crippen molar-refractivity contribution in [2.24, 2.45) is 0 Å². The highest BCUT2D eigenvalue weighted by atomic mass is 35.5. The molecule has 1 atom stereocenters. The minimum Gasteiger partial charge on any atom is -0.335 e. The summed E-state index contributed by atoms with van der Waals surface area (Å²) >= 11 is 7.77. The normalized spacial score (nSPS) is 21.1. The number of thiophene rings is 1. The molecule has 0 aliphatic carbocycles. The first-order valence-electron chi connectivity index (χ1n) is 9.70. The second-order valence-corrected chi connectivity index (χ2v) is 8.98. The van der Waals surface area contributed by atoms with Crippen molar-refractivity contribution in [3.63, 3.8) is 0 Å². The molecule has 144 valence electrons. The number of fused-ring (bicyclic) bond motifs is 1. The number of halogens is 1. The first kappa shape index (κ1) is 18.8. The first-order chi connectivity index (χ1) is 13.1. The van der Waals surface area contributed by atoms with Crippen LogP contribution < -0.4 is 5.32 Å². The highest BCUT2D eigenvalue weighted by molar-refractivity contribution is 7.10. The Morgan fingerprint density at radius 3 is 2.67 bits per heavy atom. The van der Waals surface area contributed by atoms with Crippen LogP contribution in [0.1, 0.15) is 41.8 Å². The van der Waals surface area contributed by atoms with E-state index in [-0.39, 0.29) is 18.1 Å². The van der Waals surface area contributed by atoms with Crippen molar-refractivity contribution in [1.29, 1.82) is 0 Å². The third-order valence-corrected chi connectivity index (χ3v) is 7.02. The number of carbonyl (C=O) groups excluding carboxylic acids is 1. The largest absolute Gasteiger partial charge is 0.335 e. The summed E-state index contributed by atoms with van der Waals surface area (Å²) in [5.41, 5.74) is 2.61. The van der Waals surface area contributed by atoms with Crippen LogP contribution >= 0.6 is 22.9 Å². The van der Waals surface area contributed by atoms with Gasteiger partial charge in [-0.3, -0.25) is 4.90 Å². The van der Waals surface area contributed by atoms with E-state index in [9.17, 15) is 4.79 Å². The number of benzene rings is 1. The van der Waals surface area contributed by atoms with Gasteiger partial charge in [-0.05, 0) is 60.9 Å². The molecule has 1 N–H and O–H groups in total. The lowest BCUT2D eigenvalue weighted by Gasteiger charge is -2.37. The molecule has 2 aromatic rings. The van der Waals surface area contributed by atoms with Crippen LogP contribution in [0.5, 0.6) is 0 Å². The van der Waals surface area contributed by atoms with E-state index in [4.69, 9.17) is 11.6 Å². The van der Waals surface area contributed by atoms with E-state index in [1.165, 1.54) is 16.0 Å². The number of likely N-dealkylation sites (tertiary alicyclic amines) is 1. The Hall–Kier alpha value is -1.56. The number of amides is 2. The van der Waals surface area contributed by atoms with Crippen molar-refractivity contribution in [1.82, 2.24) is 15.1 Å². The van der Waals surface area contributed by atoms with Gasteiger partial charge in [0.05, 0.1) is 6.04 Å². The fourth-order valence-corrected chi connectivity index (χ4v) is 5.22. The Kier molecular flexibility index (Phi) is 5.71. The van der Waals surface area contributed by atoms with E-state index in [1.54, 1.807) is 0 Å². The molecule has 4 rings (SSSR count). The summed E-state index contributed by atoms with van der Waals surface area (Å²) in [7, 11) is 0. The van der Waals surface area contributed by atoms with Gasteiger partial charge >= 0.3 is 6.03 Å². The quantitative estimate of drug-likeness (QED) is 0.806. The van der Waals surface area contributed by atoms with Crippen LogP contribution in [-0.2, 0) is 13.0 Å². The van der Waals surface area contributed by atoms with E-state index in [0.29, 0.717) is 0 Å². The maximum atomic E-state index is 12.8. The van der Waals surface area contributed by atoms with Crippen molar-refractivity contribution in [2.45, 2.75) is 44.8 Å². The van der Waals surface area contributed by atoms with Gasteiger partial charge in [0.15, 0.2) is 0 Å². The van der Waals surface area contributed by atoms with Crippen LogP contribution in [-0.4, -0.2) is 41.5 Å². The van der Waals surface area contributed by atoms with Crippen LogP contribution in [0.2, 0.25) is 5.02 Å². The standard InChI is InChI=1S/C21H26ClN3OS/c1-15-19-9-13-27-20(19)8-12-25(15)21(26)23-18-6-10-24(11-7-18)14-16-2-4-17(22)5-3-16/h2-5,9,13,15,18H,6-8,10-12,14H2,1H3,(H,23,26)/t15-/m1/s1. The lowest BCUT2D eigenvalue weighted by molar-refractivity contribution is 0.155. The van der Waals surface area contributed by atoms with E-state index in [0.717, 1.165) is 50.5 Å². The molecule has 0 unspecified atom stereocenters. The fraction of sp³-hybridized carbons (Fsp3) is 0.476. The predicted octanol–water partition coefficient (Wildman–Crippen LogP) is 4.69. The zero-order valence-electron chi connectivity index (χ0n) is 15.7. The van der Waals surface area contributed by atoms with Gasteiger partial charge in [0, 0.05) is 42.1 Å². The highest BCUT2D eigenvalue weighted by Crippen LogP contribution is 2.32. The number of piperidine rings is 1. The average molecular weight is 404 g/mol. The molecule has 2 amide bonds. The van der Waals surface area contributed by atoms with Crippen LogP contribution in [0.15, 0.2) is 35.7 Å². The Morgan fingerprint density at radius 1 is 1.19 bits per heavy atom. The lowest BCUT2D eigenvalue weighted by Crippen LogP contribution is -2.50. The molecule has 6 heteroatoms. The molecule has 0 radical (unpaired) electrons. The van der Waals surface area contributed by atoms with Crippen LogP contribution in [0, 0.1) is 0 Å². The minimum atomic E-state index is 0.0931. The molecule has 27 heavy (non-hydrogen) atoms. The van der Waals surface area contributed by atoms with Crippen molar-refractivity contribution in [3.05, 3.63) is 56.7 Å². The molecule has 0 saturated carbocycles. The van der Waals surface area contributed by atoms with Crippen LogP contribution in [0.3, 0.4) is 0 Å². The average Bonchev–Trinajstić information content (AvgIpc) is 3.15. The second-order valence-electron chi connectivity index (χ2n) is 7.54. The summed E-state index contributed by atoms with van der Waals surface area (Å²) in [5, 5.41) is 6.20. The molecule has 1 aromatic carbocycles. The molecule has 1 aromatic heterocycles. The third kappa shape index (κ3) is 4.31. The number of carbonyl (C=O) groups is 1. The van der Waals surface area contributed by atoms with Crippen molar-refractivity contribution < 1.29 is 4.79 Å². The van der Waals surface area contributed by atoms with E-state index < -0.39 is 0 Å². The van der Waals surface area contributed by atoms with E-state index in [2.05, 4.69) is 40.7 Å². The maximum Gasteiger partial charge on any atom is 0.318 e. The van der Waals surface area contributed by atoms with Crippen molar-refractivity contribution >= 4 is 29.0 Å². The lowest BCUT2D eigenvalue weighted by atomic mass is 10.0. The Morgan fingerprint density at radius 2 is 1.93 bits per heavy atom. The summed E-state index contributed by atoms with van der Waals surface area (Å²) in [6.07, 6.45) is 2.99. The van der Waals surface area contributed by atoms with Gasteiger partial charge < -0.3 is 10.2 Å². The van der Waals surface area contributed by atoms with Crippen LogP contribution in [0.4, 0.5) is 4.79 Å². The SMILES string of the molecule is C[C@@H]1c2ccsc2CCN1C(=O)NC1CCN(Cc2ccc(Cl)cc2)CC1. The molecule has 3 heterocycles. The molecule has 1 fully saturated rings. The Bertz CT molecular complexity index is 783. The molecule has 2 aliphatic heterocycles. The third-order valence-electron chi connectivity index (χ3n) is 5.77. The monoisotopic (exact) mass is 403 g/mol. The summed E-state index contributed by atoms with van der Waals surface area (Å²) in [5.74, 6) is 0. The van der Waals surface area contributed by atoms with Crippen molar-refractivity contribution in [3.8, 4) is 0 Å². The van der Waals surface area contributed by atoms with Gasteiger partial charge in [0.1, 0.15) is 0 Å². The zero-order chi connectivity index (χ0) is 18.8. The zero-order valence-corrected chi connectivity index (χ0v) is 17.2. The molecule has 2 aliphatic rings. The first-order valence-corrected chi connectivity index (χ1v) is 11.0. The molecule has 0 bridgehead atoms. The van der Waals surface area contributed by atoms with Crippen molar-refractivity contribution in [2.75, 3.05) is 19.6 Å². The van der Waals surface area contributed by atoms with Gasteiger partial charge in [-0.1, -0.05) is 23.7 Å². The topological polar surface area (TPSA) is 35.6 Å². The van der Waals surface area contributed by atoms with E-state index in [1.807, 2.05) is 28.4 Å². The smallest absolute Gasteiger partial charge is 0.318 e. The summed E-state index contributed by atoms with van der Waals surface area (Å²) in [6.45, 7) is 5.92. The van der Waals surface area contributed by atoms with Crippen LogP contribution in [0.25, 0.3) is 0 Å². The predicted molar refractivity (Wildman–Crippen MR) is 111 cm³/mol. The van der Waals surface area contributed by atoms with Gasteiger partial charge in [-0.2, -0.15) is 0 Å².